The first-order valence-electron chi connectivity index (χ1n) is 6.36. The van der Waals surface area contributed by atoms with Crippen LogP contribution in [0, 0.1) is 0 Å². The molecule has 2 fully saturated rings. The minimum absolute atomic E-state index is 0.0422. The van der Waals surface area contributed by atoms with E-state index in [2.05, 4.69) is 4.90 Å². The summed E-state index contributed by atoms with van der Waals surface area (Å²) in [5.74, 6) is 0. The lowest BCUT2D eigenvalue weighted by atomic mass is 10.1. The molecule has 88 valence electrons. The van der Waals surface area contributed by atoms with Gasteiger partial charge in [0.15, 0.2) is 0 Å². The van der Waals surface area contributed by atoms with Crippen LogP contribution in [0.25, 0.3) is 0 Å². The van der Waals surface area contributed by atoms with Gasteiger partial charge in [-0.3, -0.25) is 0 Å². The van der Waals surface area contributed by atoms with Gasteiger partial charge in [-0.05, 0) is 45.1 Å². The highest BCUT2D eigenvalue weighted by Crippen LogP contribution is 2.17. The zero-order valence-corrected chi connectivity index (χ0v) is 9.53. The van der Waals surface area contributed by atoms with Crippen LogP contribution in [0.15, 0.2) is 0 Å². The fraction of sp³-hybridized carbons (Fsp3) is 1.00. The van der Waals surface area contributed by atoms with Gasteiger partial charge in [0.2, 0.25) is 0 Å². The second-order valence-corrected chi connectivity index (χ2v) is 4.85. The summed E-state index contributed by atoms with van der Waals surface area (Å²) in [7, 11) is 0. The lowest BCUT2D eigenvalue weighted by molar-refractivity contribution is 0.0732. The van der Waals surface area contributed by atoms with E-state index in [1.807, 2.05) is 0 Å². The summed E-state index contributed by atoms with van der Waals surface area (Å²) in [6.07, 6.45) is 7.40. The Hall–Kier alpha value is -0.120. The molecule has 2 rings (SSSR count). The predicted octanol–water partition coefficient (Wildman–Crippen LogP) is 1.40. The fourth-order valence-electron chi connectivity index (χ4n) is 2.56. The lowest BCUT2D eigenvalue weighted by Gasteiger charge is -2.29. The summed E-state index contributed by atoms with van der Waals surface area (Å²) in [5, 5.41) is 9.38. The van der Waals surface area contributed by atoms with Gasteiger partial charge in [0.25, 0.3) is 0 Å². The lowest BCUT2D eigenvalue weighted by Crippen LogP contribution is -2.36. The molecule has 1 unspecified atom stereocenters. The second kappa shape index (κ2) is 5.83. The van der Waals surface area contributed by atoms with Gasteiger partial charge in [-0.25, -0.2) is 0 Å². The van der Waals surface area contributed by atoms with Crippen molar-refractivity contribution in [3.63, 3.8) is 0 Å². The Morgan fingerprint density at radius 3 is 2.67 bits per heavy atom. The van der Waals surface area contributed by atoms with E-state index in [1.54, 1.807) is 0 Å². The van der Waals surface area contributed by atoms with E-state index >= 15 is 0 Å². The Labute approximate surface area is 92.4 Å². The van der Waals surface area contributed by atoms with Crippen LogP contribution in [-0.4, -0.2) is 48.5 Å². The molecule has 0 amide bonds. The van der Waals surface area contributed by atoms with Gasteiger partial charge in [0, 0.05) is 19.7 Å². The molecule has 1 N–H and O–H groups in total. The van der Waals surface area contributed by atoms with E-state index < -0.39 is 0 Å². The van der Waals surface area contributed by atoms with Gasteiger partial charge in [0.05, 0.1) is 12.2 Å². The normalized spacial score (nSPS) is 29.8. The van der Waals surface area contributed by atoms with E-state index in [1.165, 1.54) is 32.2 Å². The van der Waals surface area contributed by atoms with Crippen LogP contribution in [0.1, 0.15) is 38.5 Å². The molecule has 0 aromatic rings. The number of nitrogens with zero attached hydrogens (tertiary/aromatic N) is 1. The zero-order chi connectivity index (χ0) is 10.5. The molecule has 15 heavy (non-hydrogen) atoms. The Balaban J connectivity index is 1.53. The highest BCUT2D eigenvalue weighted by Gasteiger charge is 2.18. The van der Waals surface area contributed by atoms with E-state index in [4.69, 9.17) is 4.74 Å². The van der Waals surface area contributed by atoms with E-state index in [9.17, 15) is 5.11 Å². The number of hydrogen-bond acceptors (Lipinski definition) is 3. The molecule has 0 radical (unpaired) electrons. The van der Waals surface area contributed by atoms with E-state index in [-0.39, 0.29) is 6.10 Å². The molecule has 2 heterocycles. The van der Waals surface area contributed by atoms with Crippen molar-refractivity contribution in [1.29, 1.82) is 0 Å². The Morgan fingerprint density at radius 1 is 1.20 bits per heavy atom. The molecule has 0 saturated carbocycles. The first-order chi connectivity index (χ1) is 7.34. The Bertz CT molecular complexity index is 172. The molecule has 0 aromatic carbocycles. The van der Waals surface area contributed by atoms with Crippen molar-refractivity contribution < 1.29 is 9.84 Å². The fourth-order valence-corrected chi connectivity index (χ4v) is 2.56. The molecule has 2 aliphatic rings. The van der Waals surface area contributed by atoms with Crippen molar-refractivity contribution in [3.8, 4) is 0 Å². The number of aliphatic hydroxyl groups is 1. The van der Waals surface area contributed by atoms with Gasteiger partial charge in [-0.15, -0.1) is 0 Å². The van der Waals surface area contributed by atoms with Gasteiger partial charge in [0.1, 0.15) is 0 Å². The molecular weight excluding hydrogens is 190 g/mol. The van der Waals surface area contributed by atoms with Crippen molar-refractivity contribution in [1.82, 2.24) is 4.90 Å². The smallest absolute Gasteiger partial charge is 0.0576 e. The minimum atomic E-state index is -0.0422. The first-order valence-corrected chi connectivity index (χ1v) is 6.36. The number of aliphatic hydroxyl groups excluding tert-OH is 1. The second-order valence-electron chi connectivity index (χ2n) is 4.85. The number of piperidine rings is 1. The summed E-state index contributed by atoms with van der Waals surface area (Å²) in [4.78, 5) is 2.47. The van der Waals surface area contributed by atoms with Crippen molar-refractivity contribution >= 4 is 0 Å². The van der Waals surface area contributed by atoms with Crippen LogP contribution < -0.4 is 0 Å². The van der Waals surface area contributed by atoms with Crippen molar-refractivity contribution in [2.45, 2.75) is 50.7 Å². The summed E-state index contributed by atoms with van der Waals surface area (Å²) in [6.45, 7) is 4.31. The summed E-state index contributed by atoms with van der Waals surface area (Å²) < 4.78 is 5.60. The van der Waals surface area contributed by atoms with Gasteiger partial charge >= 0.3 is 0 Å². The Kier molecular flexibility index (Phi) is 4.42. The summed E-state index contributed by atoms with van der Waals surface area (Å²) in [6, 6.07) is 0. The monoisotopic (exact) mass is 213 g/mol. The quantitative estimate of drug-likeness (QED) is 0.766. The summed E-state index contributed by atoms with van der Waals surface area (Å²) in [5.41, 5.74) is 0. The maximum atomic E-state index is 9.38. The van der Waals surface area contributed by atoms with E-state index in [0.29, 0.717) is 6.10 Å². The number of hydrogen-bond donors (Lipinski definition) is 1. The third kappa shape index (κ3) is 3.74. The third-order valence-corrected chi connectivity index (χ3v) is 3.58. The van der Waals surface area contributed by atoms with Crippen LogP contribution >= 0.6 is 0 Å². The average Bonchev–Trinajstić information content (AvgIpc) is 2.74. The van der Waals surface area contributed by atoms with Crippen LogP contribution in [0.2, 0.25) is 0 Å². The van der Waals surface area contributed by atoms with E-state index in [0.717, 1.165) is 32.5 Å². The standard InChI is InChI=1S/C12H23NO2/c14-11-5-8-13(9-6-11)7-1-3-12-4-2-10-15-12/h11-12,14H,1-10H2. The largest absolute Gasteiger partial charge is 0.393 e. The molecule has 0 aliphatic carbocycles. The molecule has 0 spiro atoms. The molecule has 3 heteroatoms. The Morgan fingerprint density at radius 2 is 2.00 bits per heavy atom. The average molecular weight is 213 g/mol. The van der Waals surface area contributed by atoms with Crippen molar-refractivity contribution in [2.24, 2.45) is 0 Å². The van der Waals surface area contributed by atoms with Crippen molar-refractivity contribution in [2.75, 3.05) is 26.2 Å². The highest BCUT2D eigenvalue weighted by molar-refractivity contribution is 4.72. The van der Waals surface area contributed by atoms with Crippen LogP contribution in [0.5, 0.6) is 0 Å². The van der Waals surface area contributed by atoms with Gasteiger partial charge in [-0.2, -0.15) is 0 Å². The van der Waals surface area contributed by atoms with Crippen LogP contribution in [0.3, 0.4) is 0 Å². The molecule has 0 aromatic heterocycles. The third-order valence-electron chi connectivity index (χ3n) is 3.58. The van der Waals surface area contributed by atoms with Crippen molar-refractivity contribution in [3.05, 3.63) is 0 Å². The minimum Gasteiger partial charge on any atom is -0.393 e. The maximum absolute atomic E-state index is 9.38. The maximum Gasteiger partial charge on any atom is 0.0576 e. The highest BCUT2D eigenvalue weighted by atomic mass is 16.5. The number of ether oxygens (including phenoxy) is 1. The first kappa shape index (κ1) is 11.4. The molecule has 2 saturated heterocycles. The molecule has 1 atom stereocenters. The number of likely N-dealkylation sites (tertiary alicyclic amines) is 1. The topological polar surface area (TPSA) is 32.7 Å². The molecule has 2 aliphatic heterocycles. The van der Waals surface area contributed by atoms with Gasteiger partial charge < -0.3 is 14.7 Å². The van der Waals surface area contributed by atoms with Crippen LogP contribution in [-0.2, 0) is 4.74 Å². The molecular formula is C12H23NO2. The van der Waals surface area contributed by atoms with Gasteiger partial charge in [-0.1, -0.05) is 0 Å². The predicted molar refractivity (Wildman–Crippen MR) is 59.9 cm³/mol. The van der Waals surface area contributed by atoms with Crippen LogP contribution in [0.4, 0.5) is 0 Å². The molecule has 0 bridgehead atoms. The summed E-state index contributed by atoms with van der Waals surface area (Å²) >= 11 is 0. The zero-order valence-electron chi connectivity index (χ0n) is 9.53. The molecule has 3 nitrogen and oxygen atoms in total. The SMILES string of the molecule is OC1CCN(CCCC2CCCO2)CC1. The number of rotatable bonds is 4.